The molecule has 0 saturated carbocycles. The summed E-state index contributed by atoms with van der Waals surface area (Å²) in [5, 5.41) is 23.4. The van der Waals surface area contributed by atoms with Gasteiger partial charge in [0, 0.05) is 12.1 Å². The van der Waals surface area contributed by atoms with Crippen LogP contribution in [0, 0.1) is 13.8 Å². The number of ether oxygens (including phenoxy) is 1. The van der Waals surface area contributed by atoms with Crippen molar-refractivity contribution >= 4 is 5.97 Å². The van der Waals surface area contributed by atoms with Crippen LogP contribution in [0.15, 0.2) is 66.7 Å². The molecule has 0 heterocycles. The lowest BCUT2D eigenvalue weighted by molar-refractivity contribution is -0.00397. The second kappa shape index (κ2) is 11.6. The molecule has 0 fully saturated rings. The third-order valence-corrected chi connectivity index (χ3v) is 6.29. The van der Waals surface area contributed by atoms with Gasteiger partial charge in [-0.3, -0.25) is 0 Å². The number of hydrogen-bond acceptors (Lipinski definition) is 4. The largest absolute Gasteiger partial charge is 0.478 e. The summed E-state index contributed by atoms with van der Waals surface area (Å²) in [6.07, 6.45) is -0.00932. The zero-order valence-electron chi connectivity index (χ0n) is 21.3. The second-order valence-corrected chi connectivity index (χ2v) is 9.98. The number of hydrogen-bond donors (Lipinski definition) is 3. The van der Waals surface area contributed by atoms with E-state index in [0.717, 1.165) is 23.1 Å². The molecular weight excluding hydrogens is 438 g/mol. The summed E-state index contributed by atoms with van der Waals surface area (Å²) in [5.74, 6) is -0.927. The Labute approximate surface area is 208 Å². The van der Waals surface area contributed by atoms with Crippen LogP contribution in [0.3, 0.4) is 0 Å². The van der Waals surface area contributed by atoms with E-state index in [-0.39, 0.29) is 18.2 Å². The van der Waals surface area contributed by atoms with Gasteiger partial charge in [-0.15, -0.1) is 0 Å². The number of β-amino-alcohol motifs (C(OH)–C–C–N with tert-alkyl or cyclic N) is 1. The van der Waals surface area contributed by atoms with Gasteiger partial charge in [-0.2, -0.15) is 0 Å². The van der Waals surface area contributed by atoms with Gasteiger partial charge in [0.15, 0.2) is 0 Å². The maximum Gasteiger partial charge on any atom is 0.335 e. The number of aliphatic hydroxyl groups is 1. The van der Waals surface area contributed by atoms with Crippen LogP contribution in [0.5, 0.6) is 0 Å². The van der Waals surface area contributed by atoms with E-state index in [0.29, 0.717) is 17.7 Å². The second-order valence-electron chi connectivity index (χ2n) is 9.98. The number of aromatic carboxylic acids is 1. The Balaban J connectivity index is 1.58. The highest BCUT2D eigenvalue weighted by Crippen LogP contribution is 2.31. The van der Waals surface area contributed by atoms with Crippen molar-refractivity contribution < 1.29 is 19.7 Å². The lowest BCUT2D eigenvalue weighted by atomic mass is 9.94. The van der Waals surface area contributed by atoms with Gasteiger partial charge in [0.25, 0.3) is 0 Å². The number of carboxylic acid groups (broad SMARTS) is 1. The van der Waals surface area contributed by atoms with Crippen LogP contribution in [0.2, 0.25) is 0 Å². The summed E-state index contributed by atoms with van der Waals surface area (Å²) in [7, 11) is 0. The average Bonchev–Trinajstić information content (AvgIpc) is 2.82. The highest BCUT2D eigenvalue weighted by atomic mass is 16.5. The van der Waals surface area contributed by atoms with Crippen molar-refractivity contribution in [3.05, 3.63) is 94.5 Å². The van der Waals surface area contributed by atoms with E-state index in [1.165, 1.54) is 11.1 Å². The average molecular weight is 476 g/mol. The van der Waals surface area contributed by atoms with E-state index in [1.54, 1.807) is 13.0 Å². The minimum absolute atomic E-state index is 0.158. The minimum atomic E-state index is -0.927. The predicted octanol–water partition coefficient (Wildman–Crippen LogP) is 5.72. The molecule has 3 rings (SSSR count). The highest BCUT2D eigenvalue weighted by molar-refractivity contribution is 5.90. The molecule has 186 valence electrons. The zero-order valence-corrected chi connectivity index (χ0v) is 21.3. The summed E-state index contributed by atoms with van der Waals surface area (Å²) < 4.78 is 6.06. The lowest BCUT2D eigenvalue weighted by Crippen LogP contribution is -2.46. The molecule has 0 amide bonds. The van der Waals surface area contributed by atoms with Crippen LogP contribution in [-0.4, -0.2) is 41.0 Å². The Bertz CT molecular complexity index is 1140. The fourth-order valence-corrected chi connectivity index (χ4v) is 4.26. The number of benzene rings is 3. The van der Waals surface area contributed by atoms with Gasteiger partial charge in [-0.05, 0) is 74.9 Å². The molecule has 0 aromatic heterocycles. The van der Waals surface area contributed by atoms with Gasteiger partial charge in [0.05, 0.1) is 24.4 Å². The van der Waals surface area contributed by atoms with E-state index in [9.17, 15) is 15.0 Å². The molecular formula is C30H37NO4. The molecule has 5 nitrogen and oxygen atoms in total. The van der Waals surface area contributed by atoms with Gasteiger partial charge in [-0.25, -0.2) is 4.79 Å². The van der Waals surface area contributed by atoms with Crippen molar-refractivity contribution in [1.29, 1.82) is 0 Å². The maximum atomic E-state index is 11.4. The first kappa shape index (κ1) is 26.6. The van der Waals surface area contributed by atoms with Crippen LogP contribution >= 0.6 is 0 Å². The molecule has 3 aromatic rings. The summed E-state index contributed by atoms with van der Waals surface area (Å²) in [6.45, 7) is 10.8. The molecule has 0 aliphatic heterocycles. The summed E-state index contributed by atoms with van der Waals surface area (Å²) in [4.78, 5) is 11.4. The highest BCUT2D eigenvalue weighted by Gasteiger charge is 2.20. The number of rotatable bonds is 11. The molecule has 0 bridgehead atoms. The van der Waals surface area contributed by atoms with E-state index in [4.69, 9.17) is 4.74 Å². The molecule has 0 aliphatic rings. The topological polar surface area (TPSA) is 78.8 Å². The lowest BCUT2D eigenvalue weighted by Gasteiger charge is -2.28. The Kier molecular flexibility index (Phi) is 8.84. The summed E-state index contributed by atoms with van der Waals surface area (Å²) in [6, 6.07) is 21.8. The van der Waals surface area contributed by atoms with Crippen LogP contribution in [0.25, 0.3) is 11.1 Å². The SMILES string of the molecule is Cc1ccc(CC(C)(C)NC[C@@H](O)CO[C@H](C)c2ccccc2-c2ccc(C(=O)O)c(C)c2)cc1. The molecule has 3 aromatic carbocycles. The van der Waals surface area contributed by atoms with Crippen molar-refractivity contribution in [2.45, 2.75) is 58.8 Å². The van der Waals surface area contributed by atoms with Crippen LogP contribution in [0.4, 0.5) is 0 Å². The molecule has 2 atom stereocenters. The Morgan fingerprint density at radius 3 is 2.37 bits per heavy atom. The predicted molar refractivity (Wildman–Crippen MR) is 141 cm³/mol. The van der Waals surface area contributed by atoms with Gasteiger partial charge in [0.2, 0.25) is 0 Å². The summed E-state index contributed by atoms with van der Waals surface area (Å²) >= 11 is 0. The molecule has 0 aliphatic carbocycles. The van der Waals surface area contributed by atoms with E-state index >= 15 is 0 Å². The standard InChI is InChI=1S/C30H37NO4/c1-20-10-12-23(13-11-20)17-30(4,5)31-18-25(32)19-35-22(3)27-8-6-7-9-28(27)24-14-15-26(29(33)34)21(2)16-24/h6-16,22,25,31-32H,17-19H2,1-5H3,(H,33,34)/t22-,25-/m1/s1. The number of aliphatic hydroxyl groups excluding tert-OH is 1. The number of carboxylic acids is 1. The monoisotopic (exact) mass is 475 g/mol. The number of carbonyl (C=O) groups is 1. The minimum Gasteiger partial charge on any atom is -0.478 e. The zero-order chi connectivity index (χ0) is 25.6. The molecule has 5 heteroatoms. The Hall–Kier alpha value is -2.99. The van der Waals surface area contributed by atoms with Gasteiger partial charge < -0.3 is 20.3 Å². The quantitative estimate of drug-likeness (QED) is 0.331. The van der Waals surface area contributed by atoms with Crippen molar-refractivity contribution in [2.75, 3.05) is 13.2 Å². The normalized spacial score (nSPS) is 13.4. The van der Waals surface area contributed by atoms with E-state index < -0.39 is 12.1 Å². The molecule has 3 N–H and O–H groups in total. The fourth-order valence-electron chi connectivity index (χ4n) is 4.26. The van der Waals surface area contributed by atoms with Crippen LogP contribution in [-0.2, 0) is 11.2 Å². The molecule has 0 radical (unpaired) electrons. The first-order valence-corrected chi connectivity index (χ1v) is 12.1. The van der Waals surface area contributed by atoms with Crippen molar-refractivity contribution in [3.8, 4) is 11.1 Å². The number of nitrogens with one attached hydrogen (secondary N) is 1. The van der Waals surface area contributed by atoms with E-state index in [1.807, 2.05) is 43.3 Å². The number of aryl methyl sites for hydroxylation is 2. The smallest absolute Gasteiger partial charge is 0.335 e. The Morgan fingerprint density at radius 1 is 1.03 bits per heavy atom. The van der Waals surface area contributed by atoms with Gasteiger partial charge >= 0.3 is 5.97 Å². The van der Waals surface area contributed by atoms with Crippen molar-refractivity contribution in [1.82, 2.24) is 5.32 Å². The van der Waals surface area contributed by atoms with Crippen molar-refractivity contribution in [2.24, 2.45) is 0 Å². The van der Waals surface area contributed by atoms with Gasteiger partial charge in [0.1, 0.15) is 0 Å². The van der Waals surface area contributed by atoms with Crippen LogP contribution < -0.4 is 5.32 Å². The van der Waals surface area contributed by atoms with Crippen molar-refractivity contribution in [3.63, 3.8) is 0 Å². The Morgan fingerprint density at radius 2 is 1.71 bits per heavy atom. The summed E-state index contributed by atoms with van der Waals surface area (Å²) in [5.41, 5.74) is 6.30. The third-order valence-electron chi connectivity index (χ3n) is 6.29. The van der Waals surface area contributed by atoms with E-state index in [2.05, 4.69) is 50.4 Å². The molecule has 0 saturated heterocycles. The first-order valence-electron chi connectivity index (χ1n) is 12.1. The first-order chi connectivity index (χ1) is 16.6. The molecule has 0 unspecified atom stereocenters. The molecule has 0 spiro atoms. The fraction of sp³-hybridized carbons (Fsp3) is 0.367. The third kappa shape index (κ3) is 7.49. The van der Waals surface area contributed by atoms with Crippen LogP contribution in [0.1, 0.15) is 59.5 Å². The maximum absolute atomic E-state index is 11.4. The van der Waals surface area contributed by atoms with Gasteiger partial charge in [-0.1, -0.05) is 66.2 Å². The molecule has 35 heavy (non-hydrogen) atoms.